The number of aromatic nitrogens is 1. The molecule has 3 rings (SSSR count). The molecule has 1 aliphatic heterocycles. The number of carbonyl (C=O) groups is 1. The first kappa shape index (κ1) is 14.0. The second-order valence-electron chi connectivity index (χ2n) is 6.07. The third kappa shape index (κ3) is 2.74. The summed E-state index contributed by atoms with van der Waals surface area (Å²) in [6.45, 7) is 2.70. The number of thiazole rings is 1. The van der Waals surface area contributed by atoms with Gasteiger partial charge in [0.05, 0.1) is 10.7 Å². The number of rotatable bonds is 3. The molecular formula is C15H22N2O2S. The van der Waals surface area contributed by atoms with Gasteiger partial charge in [0, 0.05) is 18.0 Å². The first-order chi connectivity index (χ1) is 9.65. The van der Waals surface area contributed by atoms with Gasteiger partial charge in [-0.15, -0.1) is 11.3 Å². The molecule has 1 saturated carbocycles. The van der Waals surface area contributed by atoms with Gasteiger partial charge in [-0.25, -0.2) is 4.98 Å². The molecule has 5 heteroatoms. The van der Waals surface area contributed by atoms with E-state index in [1.54, 1.807) is 11.3 Å². The molecule has 3 atom stereocenters. The molecule has 20 heavy (non-hydrogen) atoms. The highest BCUT2D eigenvalue weighted by Crippen LogP contribution is 2.38. The van der Waals surface area contributed by atoms with Crippen LogP contribution in [0.1, 0.15) is 49.2 Å². The van der Waals surface area contributed by atoms with Crippen LogP contribution in [0.2, 0.25) is 0 Å². The molecule has 2 fully saturated rings. The Morgan fingerprint density at radius 1 is 1.40 bits per heavy atom. The largest absolute Gasteiger partial charge is 0.480 e. The smallest absolute Gasteiger partial charge is 0.320 e. The number of hydrogen-bond donors (Lipinski definition) is 1. The number of carboxylic acids is 1. The van der Waals surface area contributed by atoms with Gasteiger partial charge < -0.3 is 5.11 Å². The molecule has 1 aromatic rings. The topological polar surface area (TPSA) is 53.4 Å². The minimum Gasteiger partial charge on any atom is -0.480 e. The average molecular weight is 294 g/mol. The lowest BCUT2D eigenvalue weighted by Crippen LogP contribution is -2.54. The monoisotopic (exact) mass is 294 g/mol. The van der Waals surface area contributed by atoms with Crippen LogP contribution in [0, 0.1) is 12.8 Å². The zero-order chi connectivity index (χ0) is 14.1. The van der Waals surface area contributed by atoms with Crippen molar-refractivity contribution in [3.8, 4) is 0 Å². The summed E-state index contributed by atoms with van der Waals surface area (Å²) in [5.41, 5.74) is 1.03. The Bertz CT molecular complexity index is 488. The lowest BCUT2D eigenvalue weighted by Gasteiger charge is -2.47. The number of likely N-dealkylation sites (tertiary alicyclic amines) is 1. The van der Waals surface area contributed by atoms with Gasteiger partial charge in [0.15, 0.2) is 0 Å². The van der Waals surface area contributed by atoms with Crippen LogP contribution >= 0.6 is 11.3 Å². The van der Waals surface area contributed by atoms with Gasteiger partial charge in [-0.1, -0.05) is 12.8 Å². The van der Waals surface area contributed by atoms with E-state index >= 15 is 0 Å². The maximum absolute atomic E-state index is 11.6. The van der Waals surface area contributed by atoms with Crippen LogP contribution in [-0.4, -0.2) is 33.0 Å². The summed E-state index contributed by atoms with van der Waals surface area (Å²) >= 11 is 1.65. The molecule has 2 heterocycles. The fraction of sp³-hybridized carbons (Fsp3) is 0.733. The van der Waals surface area contributed by atoms with E-state index in [-0.39, 0.29) is 6.04 Å². The number of fused-ring (bicyclic) bond motifs is 1. The Balaban J connectivity index is 1.81. The Morgan fingerprint density at radius 2 is 2.20 bits per heavy atom. The zero-order valence-corrected chi connectivity index (χ0v) is 12.7. The minimum absolute atomic E-state index is 0.323. The van der Waals surface area contributed by atoms with Crippen molar-refractivity contribution in [2.24, 2.45) is 5.92 Å². The Hall–Kier alpha value is -0.940. The summed E-state index contributed by atoms with van der Waals surface area (Å²) in [5, 5.41) is 12.7. The predicted octanol–water partition coefficient (Wildman–Crippen LogP) is 3.06. The van der Waals surface area contributed by atoms with Crippen molar-refractivity contribution in [2.45, 2.75) is 64.1 Å². The van der Waals surface area contributed by atoms with Crippen LogP contribution in [0.5, 0.6) is 0 Å². The fourth-order valence-electron chi connectivity index (χ4n) is 3.89. The third-order valence-electron chi connectivity index (χ3n) is 4.80. The predicted molar refractivity (Wildman–Crippen MR) is 78.8 cm³/mol. The van der Waals surface area contributed by atoms with E-state index in [2.05, 4.69) is 15.3 Å². The highest BCUT2D eigenvalue weighted by Gasteiger charge is 2.41. The maximum Gasteiger partial charge on any atom is 0.320 e. The van der Waals surface area contributed by atoms with Crippen molar-refractivity contribution in [3.63, 3.8) is 0 Å². The first-order valence-corrected chi connectivity index (χ1v) is 8.42. The summed E-state index contributed by atoms with van der Waals surface area (Å²) in [7, 11) is 0. The van der Waals surface area contributed by atoms with E-state index in [1.807, 2.05) is 6.92 Å². The van der Waals surface area contributed by atoms with Gasteiger partial charge in [-0.05, 0) is 38.5 Å². The van der Waals surface area contributed by atoms with Gasteiger partial charge in [0.25, 0.3) is 0 Å². The lowest BCUT2D eigenvalue weighted by atomic mass is 9.76. The highest BCUT2D eigenvalue weighted by atomic mass is 32.1. The SMILES string of the molecule is Cc1nc(CN2C(C(=O)O)CCC3CCCCC32)cs1. The van der Waals surface area contributed by atoms with E-state index in [1.165, 1.54) is 19.3 Å². The molecule has 1 N–H and O–H groups in total. The van der Waals surface area contributed by atoms with Crippen molar-refractivity contribution in [1.29, 1.82) is 0 Å². The number of nitrogens with zero attached hydrogens (tertiary/aromatic N) is 2. The van der Waals surface area contributed by atoms with E-state index < -0.39 is 5.97 Å². The molecule has 2 aliphatic rings. The second-order valence-corrected chi connectivity index (χ2v) is 7.14. The summed E-state index contributed by atoms with van der Waals surface area (Å²) in [4.78, 5) is 18.3. The van der Waals surface area contributed by atoms with Gasteiger partial charge in [0.2, 0.25) is 0 Å². The summed E-state index contributed by atoms with van der Waals surface area (Å²) in [6, 6.07) is 0.122. The molecule has 0 bridgehead atoms. The van der Waals surface area contributed by atoms with Gasteiger partial charge in [-0.2, -0.15) is 0 Å². The molecule has 3 unspecified atom stereocenters. The summed E-state index contributed by atoms with van der Waals surface area (Å²) in [6.07, 6.45) is 6.83. The number of carboxylic acid groups (broad SMARTS) is 1. The van der Waals surface area contributed by atoms with Gasteiger partial charge in [0.1, 0.15) is 6.04 Å². The second kappa shape index (κ2) is 5.82. The van der Waals surface area contributed by atoms with Crippen LogP contribution in [0.25, 0.3) is 0 Å². The number of aryl methyl sites for hydroxylation is 1. The fourth-order valence-corrected chi connectivity index (χ4v) is 4.49. The quantitative estimate of drug-likeness (QED) is 0.931. The highest BCUT2D eigenvalue weighted by molar-refractivity contribution is 7.09. The Labute approximate surface area is 123 Å². The van der Waals surface area contributed by atoms with Crippen LogP contribution in [0.15, 0.2) is 5.38 Å². The molecule has 1 aliphatic carbocycles. The number of piperidine rings is 1. The molecule has 0 aromatic carbocycles. The molecular weight excluding hydrogens is 272 g/mol. The number of aliphatic carboxylic acids is 1. The standard InChI is InChI=1S/C15H22N2O2S/c1-10-16-12(9-20-10)8-17-13-5-3-2-4-11(13)6-7-14(17)15(18)19/h9,11,13-14H,2-8H2,1H3,(H,18,19). The molecule has 4 nitrogen and oxygen atoms in total. The van der Waals surface area contributed by atoms with E-state index in [0.29, 0.717) is 18.5 Å². The molecule has 1 aromatic heterocycles. The van der Waals surface area contributed by atoms with Gasteiger partial charge >= 0.3 is 5.97 Å². The molecule has 0 amide bonds. The van der Waals surface area contributed by atoms with Crippen LogP contribution in [-0.2, 0) is 11.3 Å². The van der Waals surface area contributed by atoms with Crippen molar-refractivity contribution < 1.29 is 9.90 Å². The van der Waals surface area contributed by atoms with Crippen LogP contribution < -0.4 is 0 Å². The normalized spacial score (nSPS) is 30.9. The van der Waals surface area contributed by atoms with E-state index in [4.69, 9.17) is 0 Å². The van der Waals surface area contributed by atoms with Crippen molar-refractivity contribution in [2.75, 3.05) is 0 Å². The zero-order valence-electron chi connectivity index (χ0n) is 11.9. The van der Waals surface area contributed by atoms with E-state index in [9.17, 15) is 9.90 Å². The third-order valence-corrected chi connectivity index (χ3v) is 5.62. The van der Waals surface area contributed by atoms with Crippen molar-refractivity contribution in [3.05, 3.63) is 16.1 Å². The van der Waals surface area contributed by atoms with Crippen molar-refractivity contribution in [1.82, 2.24) is 9.88 Å². The average Bonchev–Trinajstić information content (AvgIpc) is 2.84. The van der Waals surface area contributed by atoms with Crippen LogP contribution in [0.3, 0.4) is 0 Å². The molecule has 1 saturated heterocycles. The molecule has 110 valence electrons. The van der Waals surface area contributed by atoms with Crippen molar-refractivity contribution >= 4 is 17.3 Å². The minimum atomic E-state index is -0.666. The molecule has 0 spiro atoms. The van der Waals surface area contributed by atoms with Crippen LogP contribution in [0.4, 0.5) is 0 Å². The van der Waals surface area contributed by atoms with Gasteiger partial charge in [-0.3, -0.25) is 9.69 Å². The molecule has 0 radical (unpaired) electrons. The number of hydrogen-bond acceptors (Lipinski definition) is 4. The Kier molecular flexibility index (Phi) is 4.08. The lowest BCUT2D eigenvalue weighted by molar-refractivity contribution is -0.148. The maximum atomic E-state index is 11.6. The summed E-state index contributed by atoms with van der Waals surface area (Å²) < 4.78 is 0. The van der Waals surface area contributed by atoms with E-state index in [0.717, 1.165) is 30.0 Å². The summed E-state index contributed by atoms with van der Waals surface area (Å²) in [5.74, 6) is 0.0278. The first-order valence-electron chi connectivity index (χ1n) is 7.54. The Morgan fingerprint density at radius 3 is 2.90 bits per heavy atom.